The minimum Gasteiger partial charge on any atom is -0.381 e. The maximum absolute atomic E-state index is 12.3. The molecule has 0 aliphatic carbocycles. The molecule has 2 unspecified atom stereocenters. The van der Waals surface area contributed by atoms with Crippen LogP contribution in [-0.2, 0) is 9.53 Å². The fourth-order valence-corrected chi connectivity index (χ4v) is 2.80. The Labute approximate surface area is 97.1 Å². The van der Waals surface area contributed by atoms with E-state index in [1.165, 1.54) is 0 Å². The van der Waals surface area contributed by atoms with Gasteiger partial charge in [-0.25, -0.2) is 0 Å². The zero-order valence-corrected chi connectivity index (χ0v) is 10.0. The normalized spacial score (nSPS) is 32.0. The van der Waals surface area contributed by atoms with Crippen LogP contribution in [0.15, 0.2) is 0 Å². The van der Waals surface area contributed by atoms with Crippen LogP contribution in [0, 0.1) is 11.8 Å². The van der Waals surface area contributed by atoms with E-state index >= 15 is 0 Å². The summed E-state index contributed by atoms with van der Waals surface area (Å²) in [6, 6.07) is 0.365. The molecule has 2 aliphatic rings. The molecule has 4 nitrogen and oxygen atoms in total. The van der Waals surface area contributed by atoms with Gasteiger partial charge in [-0.3, -0.25) is 4.79 Å². The molecule has 0 saturated carbocycles. The molecule has 0 radical (unpaired) electrons. The summed E-state index contributed by atoms with van der Waals surface area (Å²) < 4.78 is 5.29. The Morgan fingerprint density at radius 2 is 2.12 bits per heavy atom. The van der Waals surface area contributed by atoms with Crippen LogP contribution in [0.1, 0.15) is 26.2 Å². The van der Waals surface area contributed by atoms with Gasteiger partial charge in [-0.05, 0) is 38.6 Å². The summed E-state index contributed by atoms with van der Waals surface area (Å²) in [4.78, 5) is 14.3. The molecule has 2 heterocycles. The lowest BCUT2D eigenvalue weighted by Crippen LogP contribution is -2.40. The summed E-state index contributed by atoms with van der Waals surface area (Å²) in [6.07, 6.45) is 2.83. The minimum atomic E-state index is 0.188. The van der Waals surface area contributed by atoms with Gasteiger partial charge in [0, 0.05) is 31.7 Å². The van der Waals surface area contributed by atoms with E-state index in [9.17, 15) is 4.79 Å². The van der Waals surface area contributed by atoms with Gasteiger partial charge in [-0.15, -0.1) is 0 Å². The molecule has 2 fully saturated rings. The van der Waals surface area contributed by atoms with Crippen molar-refractivity contribution in [2.45, 2.75) is 32.2 Å². The first-order valence-electron chi connectivity index (χ1n) is 6.30. The van der Waals surface area contributed by atoms with Crippen LogP contribution in [0.4, 0.5) is 0 Å². The second-order valence-electron chi connectivity index (χ2n) is 5.06. The molecule has 2 atom stereocenters. The van der Waals surface area contributed by atoms with Crippen LogP contribution in [0.2, 0.25) is 0 Å². The van der Waals surface area contributed by atoms with Gasteiger partial charge in [0.1, 0.15) is 0 Å². The third-order valence-corrected chi connectivity index (χ3v) is 3.85. The Bertz CT molecular complexity index is 251. The van der Waals surface area contributed by atoms with Crippen molar-refractivity contribution in [3.05, 3.63) is 0 Å². The van der Waals surface area contributed by atoms with Gasteiger partial charge in [-0.1, -0.05) is 0 Å². The summed E-state index contributed by atoms with van der Waals surface area (Å²) >= 11 is 0. The van der Waals surface area contributed by atoms with Crippen molar-refractivity contribution in [2.75, 3.05) is 26.3 Å². The standard InChI is InChI=1S/C12H22N2O2/c1-9-6-10(7-13)8-14(9)12(15)11-2-4-16-5-3-11/h9-11H,2-8,13H2,1H3. The number of likely N-dealkylation sites (tertiary alicyclic amines) is 1. The number of carbonyl (C=O) groups is 1. The summed E-state index contributed by atoms with van der Waals surface area (Å²) in [5.74, 6) is 1.01. The molecule has 92 valence electrons. The van der Waals surface area contributed by atoms with Gasteiger partial charge in [-0.2, -0.15) is 0 Å². The molecule has 2 saturated heterocycles. The number of nitrogens with two attached hydrogens (primary N) is 1. The van der Waals surface area contributed by atoms with Gasteiger partial charge in [0.15, 0.2) is 0 Å². The lowest BCUT2D eigenvalue weighted by Gasteiger charge is -2.29. The maximum atomic E-state index is 12.3. The number of carbonyl (C=O) groups excluding carboxylic acids is 1. The number of hydrogen-bond donors (Lipinski definition) is 1. The van der Waals surface area contributed by atoms with Crippen molar-refractivity contribution in [2.24, 2.45) is 17.6 Å². The third-order valence-electron chi connectivity index (χ3n) is 3.85. The highest BCUT2D eigenvalue weighted by atomic mass is 16.5. The molecule has 2 aliphatic heterocycles. The first-order valence-corrected chi connectivity index (χ1v) is 6.30. The molecular formula is C12H22N2O2. The smallest absolute Gasteiger partial charge is 0.226 e. The average molecular weight is 226 g/mol. The Kier molecular flexibility index (Phi) is 3.82. The minimum absolute atomic E-state index is 0.188. The highest BCUT2D eigenvalue weighted by Crippen LogP contribution is 2.26. The Hall–Kier alpha value is -0.610. The topological polar surface area (TPSA) is 55.6 Å². The van der Waals surface area contributed by atoms with Crippen LogP contribution in [0.5, 0.6) is 0 Å². The van der Waals surface area contributed by atoms with Gasteiger partial charge in [0.25, 0.3) is 0 Å². The predicted molar refractivity (Wildman–Crippen MR) is 61.9 cm³/mol. The molecule has 0 aromatic carbocycles. The van der Waals surface area contributed by atoms with Gasteiger partial charge in [0.2, 0.25) is 5.91 Å². The molecule has 2 N–H and O–H groups in total. The molecule has 0 bridgehead atoms. The van der Waals surface area contributed by atoms with Crippen molar-refractivity contribution >= 4 is 5.91 Å². The molecule has 2 rings (SSSR count). The monoisotopic (exact) mass is 226 g/mol. The molecule has 4 heteroatoms. The van der Waals surface area contributed by atoms with E-state index in [0.29, 0.717) is 24.4 Å². The zero-order valence-electron chi connectivity index (χ0n) is 10.0. The van der Waals surface area contributed by atoms with E-state index < -0.39 is 0 Å². The van der Waals surface area contributed by atoms with Gasteiger partial charge >= 0.3 is 0 Å². The quantitative estimate of drug-likeness (QED) is 0.750. The van der Waals surface area contributed by atoms with Crippen LogP contribution in [0.3, 0.4) is 0 Å². The average Bonchev–Trinajstić information content (AvgIpc) is 2.71. The largest absolute Gasteiger partial charge is 0.381 e. The molecule has 1 amide bonds. The van der Waals surface area contributed by atoms with Crippen molar-refractivity contribution in [1.82, 2.24) is 4.90 Å². The highest BCUT2D eigenvalue weighted by molar-refractivity contribution is 5.79. The van der Waals surface area contributed by atoms with Crippen LogP contribution in [0.25, 0.3) is 0 Å². The van der Waals surface area contributed by atoms with Gasteiger partial charge < -0.3 is 15.4 Å². The number of hydrogen-bond acceptors (Lipinski definition) is 3. The highest BCUT2D eigenvalue weighted by Gasteiger charge is 2.35. The third kappa shape index (κ3) is 2.38. The van der Waals surface area contributed by atoms with Crippen molar-refractivity contribution in [3.8, 4) is 0 Å². The van der Waals surface area contributed by atoms with Crippen LogP contribution >= 0.6 is 0 Å². The first-order chi connectivity index (χ1) is 7.72. The SMILES string of the molecule is CC1CC(CN)CN1C(=O)C1CCOCC1. The molecule has 0 aromatic rings. The van der Waals surface area contributed by atoms with E-state index in [0.717, 1.165) is 39.0 Å². The van der Waals surface area contributed by atoms with E-state index in [2.05, 4.69) is 6.92 Å². The number of rotatable bonds is 2. The second kappa shape index (κ2) is 5.15. The molecular weight excluding hydrogens is 204 g/mol. The Morgan fingerprint density at radius 1 is 1.44 bits per heavy atom. The fourth-order valence-electron chi connectivity index (χ4n) is 2.80. The summed E-state index contributed by atoms with van der Waals surface area (Å²) in [7, 11) is 0. The second-order valence-corrected chi connectivity index (χ2v) is 5.06. The van der Waals surface area contributed by atoms with E-state index in [1.807, 2.05) is 4.90 Å². The van der Waals surface area contributed by atoms with E-state index in [1.54, 1.807) is 0 Å². The molecule has 16 heavy (non-hydrogen) atoms. The lowest BCUT2D eigenvalue weighted by atomic mass is 9.98. The Balaban J connectivity index is 1.93. The Morgan fingerprint density at radius 3 is 2.69 bits per heavy atom. The summed E-state index contributed by atoms with van der Waals surface area (Å²) in [5, 5.41) is 0. The predicted octanol–water partition coefficient (Wildman–Crippen LogP) is 0.609. The van der Waals surface area contributed by atoms with Crippen molar-refractivity contribution in [3.63, 3.8) is 0 Å². The zero-order chi connectivity index (χ0) is 11.5. The van der Waals surface area contributed by atoms with Crippen molar-refractivity contribution < 1.29 is 9.53 Å². The molecule has 0 spiro atoms. The lowest BCUT2D eigenvalue weighted by molar-refractivity contribution is -0.139. The fraction of sp³-hybridized carbons (Fsp3) is 0.917. The van der Waals surface area contributed by atoms with Crippen molar-refractivity contribution in [1.29, 1.82) is 0 Å². The van der Waals surface area contributed by atoms with Gasteiger partial charge in [0.05, 0.1) is 0 Å². The number of amides is 1. The van der Waals surface area contributed by atoms with Crippen LogP contribution < -0.4 is 5.73 Å². The van der Waals surface area contributed by atoms with Crippen LogP contribution in [-0.4, -0.2) is 43.2 Å². The molecule has 0 aromatic heterocycles. The number of ether oxygens (including phenoxy) is 1. The number of nitrogens with zero attached hydrogens (tertiary/aromatic N) is 1. The van der Waals surface area contributed by atoms with E-state index in [4.69, 9.17) is 10.5 Å². The first kappa shape index (κ1) is 11.9. The summed E-state index contributed by atoms with van der Waals surface area (Å²) in [6.45, 7) is 5.15. The maximum Gasteiger partial charge on any atom is 0.226 e. The summed E-state index contributed by atoms with van der Waals surface area (Å²) in [5.41, 5.74) is 5.68. The van der Waals surface area contributed by atoms with E-state index in [-0.39, 0.29) is 5.92 Å².